The second-order valence-corrected chi connectivity index (χ2v) is 4.33. The van der Waals surface area contributed by atoms with E-state index in [1.165, 1.54) is 19.3 Å². The van der Waals surface area contributed by atoms with Crippen LogP contribution in [0, 0.1) is 0 Å². The van der Waals surface area contributed by atoms with Crippen LogP contribution in [0.25, 0.3) is 0 Å². The summed E-state index contributed by atoms with van der Waals surface area (Å²) in [7, 11) is 0. The van der Waals surface area contributed by atoms with Crippen molar-refractivity contribution in [1.29, 1.82) is 0 Å². The van der Waals surface area contributed by atoms with Gasteiger partial charge in [-0.2, -0.15) is 0 Å². The molecule has 0 bridgehead atoms. The van der Waals surface area contributed by atoms with Gasteiger partial charge in [0.05, 0.1) is 5.60 Å². The molecule has 0 amide bonds. The van der Waals surface area contributed by atoms with E-state index < -0.39 is 6.29 Å². The molecule has 0 aromatic heterocycles. The minimum absolute atomic E-state index is 0.128. The molecule has 0 spiro atoms. The van der Waals surface area contributed by atoms with Gasteiger partial charge in [-0.1, -0.05) is 25.8 Å². The van der Waals surface area contributed by atoms with Crippen LogP contribution in [0.2, 0.25) is 0 Å². The molecule has 1 unspecified atom stereocenters. The van der Waals surface area contributed by atoms with Gasteiger partial charge in [0.2, 0.25) is 0 Å². The van der Waals surface area contributed by atoms with Crippen molar-refractivity contribution in [2.24, 2.45) is 0 Å². The van der Waals surface area contributed by atoms with Crippen molar-refractivity contribution < 1.29 is 9.84 Å². The molecule has 1 rings (SSSR count). The number of rotatable bonds is 3. The molecule has 1 saturated carbocycles. The summed E-state index contributed by atoms with van der Waals surface area (Å²) in [5.74, 6) is 0. The molecule has 0 radical (unpaired) electrons. The molecule has 2 heteroatoms. The van der Waals surface area contributed by atoms with Crippen molar-refractivity contribution in [2.45, 2.75) is 57.8 Å². The summed E-state index contributed by atoms with van der Waals surface area (Å²) in [6.07, 6.45) is 5.03. The third-order valence-electron chi connectivity index (χ3n) is 2.73. The van der Waals surface area contributed by atoms with E-state index in [-0.39, 0.29) is 5.60 Å². The zero-order valence-electron chi connectivity index (χ0n) is 8.68. The standard InChI is InChI=1S/C11H20O2/c1-9(2)10(12)13-11(3)7-5-4-6-8-11/h10,12H,1,4-8H2,2-3H3. The van der Waals surface area contributed by atoms with Crippen LogP contribution in [0.3, 0.4) is 0 Å². The minimum Gasteiger partial charge on any atom is -0.364 e. The van der Waals surface area contributed by atoms with Gasteiger partial charge in [0.25, 0.3) is 0 Å². The first-order valence-electron chi connectivity index (χ1n) is 5.05. The molecule has 13 heavy (non-hydrogen) atoms. The molecule has 0 aromatic rings. The maximum absolute atomic E-state index is 9.52. The Labute approximate surface area is 80.6 Å². The summed E-state index contributed by atoms with van der Waals surface area (Å²) in [4.78, 5) is 0. The first-order chi connectivity index (χ1) is 6.03. The summed E-state index contributed by atoms with van der Waals surface area (Å²) in [5, 5.41) is 9.52. The molecular formula is C11H20O2. The largest absolute Gasteiger partial charge is 0.364 e. The van der Waals surface area contributed by atoms with E-state index in [9.17, 15) is 5.11 Å². The van der Waals surface area contributed by atoms with E-state index in [2.05, 4.69) is 13.5 Å². The fourth-order valence-corrected chi connectivity index (χ4v) is 1.79. The van der Waals surface area contributed by atoms with E-state index in [1.807, 2.05) is 0 Å². The van der Waals surface area contributed by atoms with Crippen molar-refractivity contribution >= 4 is 0 Å². The molecule has 1 fully saturated rings. The zero-order valence-corrected chi connectivity index (χ0v) is 8.68. The predicted molar refractivity (Wildman–Crippen MR) is 53.4 cm³/mol. The summed E-state index contributed by atoms with van der Waals surface area (Å²) >= 11 is 0. The van der Waals surface area contributed by atoms with E-state index in [1.54, 1.807) is 6.92 Å². The van der Waals surface area contributed by atoms with Crippen LogP contribution in [-0.2, 0) is 4.74 Å². The Bertz CT molecular complexity index is 181. The van der Waals surface area contributed by atoms with Crippen molar-refractivity contribution in [2.75, 3.05) is 0 Å². The highest BCUT2D eigenvalue weighted by Gasteiger charge is 2.30. The molecule has 76 valence electrons. The number of hydrogen-bond donors (Lipinski definition) is 1. The van der Waals surface area contributed by atoms with Gasteiger partial charge in [-0.05, 0) is 32.3 Å². The maximum Gasteiger partial charge on any atom is 0.177 e. The van der Waals surface area contributed by atoms with Gasteiger partial charge in [0, 0.05) is 0 Å². The van der Waals surface area contributed by atoms with Crippen molar-refractivity contribution in [3.8, 4) is 0 Å². The number of aliphatic hydroxyl groups excluding tert-OH is 1. The fourth-order valence-electron chi connectivity index (χ4n) is 1.79. The van der Waals surface area contributed by atoms with Gasteiger partial charge in [-0.25, -0.2) is 0 Å². The topological polar surface area (TPSA) is 29.5 Å². The average Bonchev–Trinajstić information content (AvgIpc) is 2.04. The molecule has 0 aliphatic heterocycles. The van der Waals surface area contributed by atoms with Crippen LogP contribution in [0.15, 0.2) is 12.2 Å². The lowest BCUT2D eigenvalue weighted by atomic mass is 9.86. The third kappa shape index (κ3) is 3.12. The van der Waals surface area contributed by atoms with Crippen LogP contribution in [0.4, 0.5) is 0 Å². The number of ether oxygens (including phenoxy) is 1. The van der Waals surface area contributed by atoms with Gasteiger partial charge >= 0.3 is 0 Å². The summed E-state index contributed by atoms with van der Waals surface area (Å²) in [6.45, 7) is 7.55. The van der Waals surface area contributed by atoms with Gasteiger partial charge in [0.15, 0.2) is 6.29 Å². The lowest BCUT2D eigenvalue weighted by Gasteiger charge is -2.35. The third-order valence-corrected chi connectivity index (χ3v) is 2.73. The van der Waals surface area contributed by atoms with Crippen LogP contribution in [-0.4, -0.2) is 17.0 Å². The Morgan fingerprint density at radius 1 is 1.38 bits per heavy atom. The van der Waals surface area contributed by atoms with Gasteiger partial charge in [-0.15, -0.1) is 0 Å². The number of hydrogen-bond acceptors (Lipinski definition) is 2. The SMILES string of the molecule is C=C(C)C(O)OC1(C)CCCCC1. The summed E-state index contributed by atoms with van der Waals surface area (Å²) in [5.41, 5.74) is 0.558. The Morgan fingerprint density at radius 3 is 2.38 bits per heavy atom. The first kappa shape index (κ1) is 10.7. The van der Waals surface area contributed by atoms with Crippen LogP contribution < -0.4 is 0 Å². The minimum atomic E-state index is -0.789. The molecule has 1 aliphatic carbocycles. The predicted octanol–water partition coefficient (Wildman–Crippen LogP) is 2.62. The van der Waals surface area contributed by atoms with E-state index in [0.717, 1.165) is 12.8 Å². The van der Waals surface area contributed by atoms with Crippen LogP contribution in [0.5, 0.6) is 0 Å². The quantitative estimate of drug-likeness (QED) is 0.539. The van der Waals surface area contributed by atoms with Crippen molar-refractivity contribution in [3.63, 3.8) is 0 Å². The lowest BCUT2D eigenvalue weighted by molar-refractivity contribution is -0.170. The average molecular weight is 184 g/mol. The van der Waals surface area contributed by atoms with E-state index in [0.29, 0.717) is 5.57 Å². The van der Waals surface area contributed by atoms with Crippen molar-refractivity contribution in [3.05, 3.63) is 12.2 Å². The summed E-state index contributed by atoms with van der Waals surface area (Å²) in [6, 6.07) is 0. The molecule has 1 N–H and O–H groups in total. The Hall–Kier alpha value is -0.340. The van der Waals surface area contributed by atoms with Crippen LogP contribution in [0.1, 0.15) is 46.0 Å². The molecule has 2 nitrogen and oxygen atoms in total. The number of aliphatic hydroxyl groups is 1. The van der Waals surface area contributed by atoms with Gasteiger partial charge in [-0.3, -0.25) is 0 Å². The van der Waals surface area contributed by atoms with E-state index >= 15 is 0 Å². The molecule has 0 aromatic carbocycles. The monoisotopic (exact) mass is 184 g/mol. The fraction of sp³-hybridized carbons (Fsp3) is 0.818. The van der Waals surface area contributed by atoms with Gasteiger partial charge in [0.1, 0.15) is 0 Å². The second kappa shape index (κ2) is 4.25. The lowest BCUT2D eigenvalue weighted by Crippen LogP contribution is -2.36. The maximum atomic E-state index is 9.52. The second-order valence-electron chi connectivity index (χ2n) is 4.33. The molecule has 0 saturated heterocycles. The normalized spacial score (nSPS) is 23.9. The van der Waals surface area contributed by atoms with Crippen LogP contribution >= 0.6 is 0 Å². The van der Waals surface area contributed by atoms with Crippen molar-refractivity contribution in [1.82, 2.24) is 0 Å². The molecular weight excluding hydrogens is 164 g/mol. The van der Waals surface area contributed by atoms with Gasteiger partial charge < -0.3 is 9.84 Å². The zero-order chi connectivity index (χ0) is 9.90. The highest BCUT2D eigenvalue weighted by molar-refractivity contribution is 4.94. The highest BCUT2D eigenvalue weighted by atomic mass is 16.6. The smallest absolute Gasteiger partial charge is 0.177 e. The Morgan fingerprint density at radius 2 is 1.92 bits per heavy atom. The summed E-state index contributed by atoms with van der Waals surface area (Å²) < 4.78 is 5.60. The van der Waals surface area contributed by atoms with E-state index in [4.69, 9.17) is 4.74 Å². The first-order valence-corrected chi connectivity index (χ1v) is 5.05. The Kier molecular flexibility index (Phi) is 3.51. The molecule has 1 atom stereocenters. The molecule has 0 heterocycles. The molecule has 1 aliphatic rings. The highest BCUT2D eigenvalue weighted by Crippen LogP contribution is 2.32. The Balaban J connectivity index is 2.45.